The summed E-state index contributed by atoms with van der Waals surface area (Å²) in [7, 11) is 3.28. The molecule has 1 aromatic carbocycles. The smallest absolute Gasteiger partial charge is 0.261 e. The Balaban J connectivity index is 2.06. The highest BCUT2D eigenvalue weighted by Crippen LogP contribution is 2.26. The van der Waals surface area contributed by atoms with Gasteiger partial charge < -0.3 is 9.47 Å². The number of fused-ring (bicyclic) bond motifs is 1. The van der Waals surface area contributed by atoms with Crippen molar-refractivity contribution >= 4 is 10.9 Å². The third-order valence-electron chi connectivity index (χ3n) is 4.65. The summed E-state index contributed by atoms with van der Waals surface area (Å²) in [4.78, 5) is 19.7. The summed E-state index contributed by atoms with van der Waals surface area (Å²) in [6.45, 7) is 5.91. The zero-order valence-corrected chi connectivity index (χ0v) is 14.0. The first-order valence-electron chi connectivity index (χ1n) is 7.87. The molecular weight excluding hydrogens is 294 g/mol. The van der Waals surface area contributed by atoms with Crippen LogP contribution in [0.25, 0.3) is 10.9 Å². The summed E-state index contributed by atoms with van der Waals surface area (Å²) in [5.74, 6) is 0.616. The van der Waals surface area contributed by atoms with Crippen molar-refractivity contribution in [3.8, 4) is 5.75 Å². The van der Waals surface area contributed by atoms with E-state index in [2.05, 4.69) is 23.7 Å². The van der Waals surface area contributed by atoms with Crippen molar-refractivity contribution in [1.29, 1.82) is 0 Å². The molecule has 1 aliphatic rings. The second-order valence-electron chi connectivity index (χ2n) is 6.20. The molecule has 2 atom stereocenters. The van der Waals surface area contributed by atoms with Crippen LogP contribution < -0.4 is 10.3 Å². The third-order valence-corrected chi connectivity index (χ3v) is 4.65. The Morgan fingerprint density at radius 1 is 1.26 bits per heavy atom. The van der Waals surface area contributed by atoms with E-state index in [9.17, 15) is 4.79 Å². The van der Waals surface area contributed by atoms with Gasteiger partial charge in [0.25, 0.3) is 5.56 Å². The number of para-hydroxylation sites is 1. The van der Waals surface area contributed by atoms with Gasteiger partial charge in [0.2, 0.25) is 0 Å². The van der Waals surface area contributed by atoms with Crippen LogP contribution in [0.15, 0.2) is 29.3 Å². The van der Waals surface area contributed by atoms with E-state index in [0.717, 1.165) is 13.1 Å². The van der Waals surface area contributed by atoms with Crippen molar-refractivity contribution in [2.24, 2.45) is 0 Å². The number of likely N-dealkylation sites (tertiary alicyclic amines) is 1. The largest absolute Gasteiger partial charge is 0.494 e. The van der Waals surface area contributed by atoms with Gasteiger partial charge in [-0.25, -0.2) is 4.98 Å². The molecule has 6 heteroatoms. The van der Waals surface area contributed by atoms with Crippen LogP contribution in [0.1, 0.15) is 19.9 Å². The minimum absolute atomic E-state index is 0.0139. The summed E-state index contributed by atoms with van der Waals surface area (Å²) in [5.41, 5.74) is 0.551. The van der Waals surface area contributed by atoms with Crippen LogP contribution in [0.5, 0.6) is 5.75 Å². The molecule has 23 heavy (non-hydrogen) atoms. The molecule has 1 saturated heterocycles. The van der Waals surface area contributed by atoms with Gasteiger partial charge in [-0.3, -0.25) is 14.3 Å². The Kier molecular flexibility index (Phi) is 4.37. The van der Waals surface area contributed by atoms with Crippen molar-refractivity contribution in [2.45, 2.75) is 32.0 Å². The van der Waals surface area contributed by atoms with Crippen LogP contribution in [-0.4, -0.2) is 53.9 Å². The lowest BCUT2D eigenvalue weighted by atomic mass is 10.2. The Morgan fingerprint density at radius 2 is 2.04 bits per heavy atom. The lowest BCUT2D eigenvalue weighted by Crippen LogP contribution is -2.33. The molecule has 0 aliphatic carbocycles. The quantitative estimate of drug-likeness (QED) is 0.859. The molecule has 3 rings (SSSR count). The van der Waals surface area contributed by atoms with E-state index in [0.29, 0.717) is 22.7 Å². The van der Waals surface area contributed by atoms with Crippen LogP contribution in [0.2, 0.25) is 0 Å². The molecular formula is C17H23N3O3. The van der Waals surface area contributed by atoms with Gasteiger partial charge in [-0.15, -0.1) is 0 Å². The standard InChI is InChI=1S/C17H23N3O3/c1-11(2)19-8-13(15(9-19)23-4)20-10-18-16-12(17(20)21)6-5-7-14(16)22-3/h5-7,10-11,13,15H,8-9H2,1-4H3/t13-,15-/m0/s1. The van der Waals surface area contributed by atoms with E-state index >= 15 is 0 Å². The van der Waals surface area contributed by atoms with Crippen molar-refractivity contribution in [1.82, 2.24) is 14.5 Å². The monoisotopic (exact) mass is 317 g/mol. The second-order valence-corrected chi connectivity index (χ2v) is 6.20. The number of hydrogen-bond acceptors (Lipinski definition) is 5. The van der Waals surface area contributed by atoms with E-state index < -0.39 is 0 Å². The van der Waals surface area contributed by atoms with Crippen LogP contribution in [0, 0.1) is 0 Å². The van der Waals surface area contributed by atoms with E-state index in [1.807, 2.05) is 12.1 Å². The number of methoxy groups -OCH3 is 2. The first-order chi connectivity index (χ1) is 11.1. The molecule has 0 saturated carbocycles. The van der Waals surface area contributed by atoms with Gasteiger partial charge in [-0.2, -0.15) is 0 Å². The van der Waals surface area contributed by atoms with Crippen molar-refractivity contribution in [2.75, 3.05) is 27.3 Å². The predicted octanol–water partition coefficient (Wildman–Crippen LogP) is 1.69. The van der Waals surface area contributed by atoms with Gasteiger partial charge >= 0.3 is 0 Å². The number of aromatic nitrogens is 2. The minimum Gasteiger partial charge on any atom is -0.494 e. The molecule has 0 amide bonds. The molecule has 0 bridgehead atoms. The van der Waals surface area contributed by atoms with Gasteiger partial charge in [0, 0.05) is 26.2 Å². The highest BCUT2D eigenvalue weighted by atomic mass is 16.5. The maximum atomic E-state index is 12.9. The van der Waals surface area contributed by atoms with E-state index in [1.165, 1.54) is 0 Å². The summed E-state index contributed by atoms with van der Waals surface area (Å²) >= 11 is 0. The van der Waals surface area contributed by atoms with Crippen molar-refractivity contribution in [3.63, 3.8) is 0 Å². The zero-order chi connectivity index (χ0) is 16.6. The molecule has 1 fully saturated rings. The molecule has 0 radical (unpaired) electrons. The fraction of sp³-hybridized carbons (Fsp3) is 0.529. The lowest BCUT2D eigenvalue weighted by molar-refractivity contribution is 0.0787. The van der Waals surface area contributed by atoms with Gasteiger partial charge in [0.05, 0.1) is 31.0 Å². The maximum Gasteiger partial charge on any atom is 0.261 e. The maximum absolute atomic E-state index is 12.9. The molecule has 1 aliphatic heterocycles. The molecule has 2 heterocycles. The van der Waals surface area contributed by atoms with E-state index in [1.54, 1.807) is 31.2 Å². The number of rotatable bonds is 4. The fourth-order valence-corrected chi connectivity index (χ4v) is 3.25. The summed E-state index contributed by atoms with van der Waals surface area (Å²) in [6.07, 6.45) is 1.60. The topological polar surface area (TPSA) is 56.6 Å². The molecule has 6 nitrogen and oxygen atoms in total. The molecule has 2 aromatic rings. The van der Waals surface area contributed by atoms with E-state index in [-0.39, 0.29) is 17.7 Å². The number of nitrogens with zero attached hydrogens (tertiary/aromatic N) is 3. The van der Waals surface area contributed by atoms with Crippen molar-refractivity contribution in [3.05, 3.63) is 34.9 Å². The van der Waals surface area contributed by atoms with E-state index in [4.69, 9.17) is 9.47 Å². The van der Waals surface area contributed by atoms with Gasteiger partial charge in [0.15, 0.2) is 0 Å². The highest BCUT2D eigenvalue weighted by Gasteiger charge is 2.36. The molecule has 1 aromatic heterocycles. The Hall–Kier alpha value is -1.92. The molecule has 0 unspecified atom stereocenters. The average Bonchev–Trinajstić information content (AvgIpc) is 2.99. The minimum atomic E-state index is -0.0495. The first kappa shape index (κ1) is 16.0. The molecule has 124 valence electrons. The van der Waals surface area contributed by atoms with Gasteiger partial charge in [-0.1, -0.05) is 6.07 Å². The summed E-state index contributed by atoms with van der Waals surface area (Å²) < 4.78 is 12.6. The second kappa shape index (κ2) is 6.29. The normalized spacial score (nSPS) is 22.1. The van der Waals surface area contributed by atoms with Crippen molar-refractivity contribution < 1.29 is 9.47 Å². The summed E-state index contributed by atoms with van der Waals surface area (Å²) in [5, 5.41) is 0.574. The number of ether oxygens (including phenoxy) is 2. The first-order valence-corrected chi connectivity index (χ1v) is 7.87. The van der Waals surface area contributed by atoms with Crippen LogP contribution >= 0.6 is 0 Å². The SMILES string of the molecule is COc1cccc2c(=O)n([C@H]3CN(C(C)C)C[C@@H]3OC)cnc12. The van der Waals surface area contributed by atoms with Crippen LogP contribution in [-0.2, 0) is 4.74 Å². The third kappa shape index (κ3) is 2.72. The lowest BCUT2D eigenvalue weighted by Gasteiger charge is -2.20. The summed E-state index contributed by atoms with van der Waals surface area (Å²) in [6, 6.07) is 5.81. The Labute approximate surface area is 135 Å². The Bertz CT molecular complexity index is 756. The number of benzene rings is 1. The number of hydrogen-bond donors (Lipinski definition) is 0. The van der Waals surface area contributed by atoms with Crippen LogP contribution in [0.4, 0.5) is 0 Å². The average molecular weight is 317 g/mol. The molecule has 0 N–H and O–H groups in total. The zero-order valence-electron chi connectivity index (χ0n) is 14.0. The fourth-order valence-electron chi connectivity index (χ4n) is 3.25. The highest BCUT2D eigenvalue weighted by molar-refractivity contribution is 5.83. The van der Waals surface area contributed by atoms with Gasteiger partial charge in [-0.05, 0) is 26.0 Å². The van der Waals surface area contributed by atoms with Gasteiger partial charge in [0.1, 0.15) is 11.3 Å². The Morgan fingerprint density at radius 3 is 2.70 bits per heavy atom. The molecule has 0 spiro atoms. The predicted molar refractivity (Wildman–Crippen MR) is 89.1 cm³/mol. The van der Waals surface area contributed by atoms with Crippen LogP contribution in [0.3, 0.4) is 0 Å².